The summed E-state index contributed by atoms with van der Waals surface area (Å²) in [5.41, 5.74) is 1.61. The van der Waals surface area contributed by atoms with E-state index < -0.39 is 11.7 Å². The van der Waals surface area contributed by atoms with Gasteiger partial charge in [0.05, 0.1) is 5.56 Å². The van der Waals surface area contributed by atoms with Crippen molar-refractivity contribution in [1.29, 1.82) is 0 Å². The van der Waals surface area contributed by atoms with Crippen molar-refractivity contribution >= 4 is 17.2 Å². The minimum absolute atomic E-state index is 0.000231. The Morgan fingerprint density at radius 1 is 0.912 bits per heavy atom. The first-order chi connectivity index (χ1) is 16.4. The largest absolute Gasteiger partial charge is 0.416 e. The van der Waals surface area contributed by atoms with E-state index in [0.29, 0.717) is 42.4 Å². The first kappa shape index (κ1) is 22.6. The van der Waals surface area contributed by atoms with Crippen molar-refractivity contribution in [3.8, 4) is 0 Å². The molecule has 3 heterocycles. The third-order valence-corrected chi connectivity index (χ3v) is 9.62. The van der Waals surface area contributed by atoms with Crippen LogP contribution in [0.4, 0.5) is 13.2 Å². The fourth-order valence-electron chi connectivity index (χ4n) is 6.92. The molecule has 0 bridgehead atoms. The number of thiophene rings is 1. The van der Waals surface area contributed by atoms with Crippen molar-refractivity contribution in [2.45, 2.75) is 56.2 Å². The molecule has 2 saturated heterocycles. The van der Waals surface area contributed by atoms with E-state index in [4.69, 9.17) is 0 Å². The van der Waals surface area contributed by atoms with Gasteiger partial charge in [-0.05, 0) is 83.9 Å². The number of benzene rings is 1. The third-order valence-electron chi connectivity index (χ3n) is 8.92. The summed E-state index contributed by atoms with van der Waals surface area (Å²) in [6.07, 6.45) is 1.45. The molecule has 2 saturated carbocycles. The normalized spacial score (nSPS) is 33.8. The highest BCUT2D eigenvalue weighted by Gasteiger charge is 2.61. The summed E-state index contributed by atoms with van der Waals surface area (Å²) >= 11 is 1.79. The van der Waals surface area contributed by atoms with Gasteiger partial charge in [0.25, 0.3) is 0 Å². The van der Waals surface area contributed by atoms with Gasteiger partial charge in [0.15, 0.2) is 0 Å². The lowest BCUT2D eigenvalue weighted by molar-refractivity contribution is -0.137. The molecule has 4 fully saturated rings. The van der Waals surface area contributed by atoms with Gasteiger partial charge in [-0.25, -0.2) is 0 Å². The maximum absolute atomic E-state index is 13.2. The number of alkyl halides is 3. The van der Waals surface area contributed by atoms with Crippen molar-refractivity contribution in [3.05, 3.63) is 57.8 Å². The average Bonchev–Trinajstić information content (AvgIpc) is 3.37. The Morgan fingerprint density at radius 3 is 2.35 bits per heavy atom. The molecule has 0 spiro atoms. The zero-order chi connectivity index (χ0) is 23.4. The Labute approximate surface area is 202 Å². The minimum Gasteiger partial charge on any atom is -0.342 e. The van der Waals surface area contributed by atoms with Crippen molar-refractivity contribution in [1.82, 2.24) is 9.80 Å². The van der Waals surface area contributed by atoms with E-state index in [0.717, 1.165) is 25.6 Å². The van der Waals surface area contributed by atoms with Crippen LogP contribution in [0.3, 0.4) is 0 Å². The summed E-state index contributed by atoms with van der Waals surface area (Å²) in [6, 6.07) is 8.56. The zero-order valence-corrected chi connectivity index (χ0v) is 20.0. The second-order valence-corrected chi connectivity index (χ2v) is 11.5. The molecule has 7 heteroatoms. The molecule has 0 N–H and O–H groups in total. The van der Waals surface area contributed by atoms with Gasteiger partial charge >= 0.3 is 6.18 Å². The van der Waals surface area contributed by atoms with Crippen LogP contribution in [0.25, 0.3) is 0 Å². The molecule has 2 aliphatic heterocycles. The first-order valence-electron chi connectivity index (χ1n) is 12.6. The molecule has 3 nitrogen and oxygen atoms in total. The van der Waals surface area contributed by atoms with Gasteiger partial charge in [0.2, 0.25) is 5.91 Å². The summed E-state index contributed by atoms with van der Waals surface area (Å²) in [7, 11) is 0. The topological polar surface area (TPSA) is 23.6 Å². The number of rotatable bonds is 4. The SMILES string of the molecule is O=C(C1C2CN(C3CCC(c4ccsc4)CC3)CC21)N1CCC(c2cccc(C(F)(F)F)c2)C1. The number of amides is 1. The molecule has 2 aliphatic carbocycles. The standard InChI is InChI=1S/C27H31F3N2OS/c28-27(29,30)21-3-1-2-18(12-21)19-8-10-31(13-19)26(33)25-23-14-32(15-24(23)25)22-6-4-17(5-7-22)20-9-11-34-16-20/h1-3,9,11-12,16-17,19,22-25H,4-8,10,13-15H2. The first-order valence-corrected chi connectivity index (χ1v) is 13.5. The van der Waals surface area contributed by atoms with Crippen LogP contribution in [0.15, 0.2) is 41.1 Å². The summed E-state index contributed by atoms with van der Waals surface area (Å²) < 4.78 is 39.3. The number of halogens is 3. The Hall–Kier alpha value is -1.86. The van der Waals surface area contributed by atoms with Gasteiger partial charge in [0.1, 0.15) is 0 Å². The average molecular weight is 489 g/mol. The Morgan fingerprint density at radius 2 is 1.68 bits per heavy atom. The highest BCUT2D eigenvalue weighted by Crippen LogP contribution is 2.54. The van der Waals surface area contributed by atoms with Crippen LogP contribution in [-0.4, -0.2) is 47.9 Å². The molecule has 1 aromatic carbocycles. The summed E-state index contributed by atoms with van der Waals surface area (Å²) in [5, 5.41) is 4.47. The van der Waals surface area contributed by atoms with Gasteiger partial charge in [-0.3, -0.25) is 9.69 Å². The van der Waals surface area contributed by atoms with E-state index in [1.807, 2.05) is 4.90 Å². The molecule has 3 unspecified atom stereocenters. The fourth-order valence-corrected chi connectivity index (χ4v) is 7.66. The van der Waals surface area contributed by atoms with Crippen molar-refractivity contribution in [3.63, 3.8) is 0 Å². The Kier molecular flexibility index (Phi) is 5.76. The lowest BCUT2D eigenvalue weighted by Crippen LogP contribution is -2.40. The molecule has 2 aromatic rings. The maximum Gasteiger partial charge on any atom is 0.416 e. The number of carbonyl (C=O) groups is 1. The molecule has 1 amide bonds. The van der Waals surface area contributed by atoms with E-state index in [-0.39, 0.29) is 17.7 Å². The van der Waals surface area contributed by atoms with Crippen molar-refractivity contribution < 1.29 is 18.0 Å². The van der Waals surface area contributed by atoms with E-state index >= 15 is 0 Å². The monoisotopic (exact) mass is 488 g/mol. The summed E-state index contributed by atoms with van der Waals surface area (Å²) in [4.78, 5) is 17.8. The molecule has 0 radical (unpaired) electrons. The molecule has 182 valence electrons. The van der Waals surface area contributed by atoms with E-state index in [2.05, 4.69) is 21.7 Å². The number of likely N-dealkylation sites (tertiary alicyclic amines) is 2. The number of hydrogen-bond donors (Lipinski definition) is 0. The van der Waals surface area contributed by atoms with E-state index in [1.165, 1.54) is 43.4 Å². The van der Waals surface area contributed by atoms with Crippen molar-refractivity contribution in [2.24, 2.45) is 17.8 Å². The van der Waals surface area contributed by atoms with Gasteiger partial charge in [-0.2, -0.15) is 24.5 Å². The minimum atomic E-state index is -4.33. The molecule has 34 heavy (non-hydrogen) atoms. The van der Waals surface area contributed by atoms with E-state index in [1.54, 1.807) is 17.4 Å². The number of hydrogen-bond acceptors (Lipinski definition) is 3. The summed E-state index contributed by atoms with van der Waals surface area (Å²) in [5.74, 6) is 2.06. The molecule has 1 aromatic heterocycles. The molecule has 3 atom stereocenters. The van der Waals surface area contributed by atoms with Gasteiger partial charge in [-0.15, -0.1) is 0 Å². The predicted molar refractivity (Wildman–Crippen MR) is 127 cm³/mol. The molecular formula is C27H31F3N2OS. The van der Waals surface area contributed by atoms with Crippen molar-refractivity contribution in [2.75, 3.05) is 26.2 Å². The van der Waals surface area contributed by atoms with Crippen LogP contribution in [0.5, 0.6) is 0 Å². The van der Waals surface area contributed by atoms with Crippen LogP contribution < -0.4 is 0 Å². The van der Waals surface area contributed by atoms with Gasteiger partial charge in [-0.1, -0.05) is 18.2 Å². The molecule has 4 aliphatic rings. The number of carbonyl (C=O) groups excluding carboxylic acids is 1. The second-order valence-electron chi connectivity index (χ2n) is 10.8. The van der Waals surface area contributed by atoms with Crippen LogP contribution in [0, 0.1) is 17.8 Å². The van der Waals surface area contributed by atoms with Crippen LogP contribution in [0.2, 0.25) is 0 Å². The molecule has 6 rings (SSSR count). The van der Waals surface area contributed by atoms with Gasteiger partial charge < -0.3 is 4.90 Å². The maximum atomic E-state index is 13.2. The Balaban J connectivity index is 0.999. The fraction of sp³-hybridized carbons (Fsp3) is 0.593. The lowest BCUT2D eigenvalue weighted by atomic mass is 9.82. The van der Waals surface area contributed by atoms with Crippen LogP contribution in [-0.2, 0) is 11.0 Å². The van der Waals surface area contributed by atoms with Gasteiger partial charge in [0, 0.05) is 44.1 Å². The van der Waals surface area contributed by atoms with Crippen LogP contribution >= 0.6 is 11.3 Å². The second kappa shape index (κ2) is 8.66. The quantitative estimate of drug-likeness (QED) is 0.528. The van der Waals surface area contributed by atoms with E-state index in [9.17, 15) is 18.0 Å². The summed E-state index contributed by atoms with van der Waals surface area (Å²) in [6.45, 7) is 3.29. The molecular weight excluding hydrogens is 457 g/mol. The zero-order valence-electron chi connectivity index (χ0n) is 19.2. The Bertz CT molecular complexity index is 1020. The number of nitrogens with zero attached hydrogens (tertiary/aromatic N) is 2. The number of piperidine rings is 1. The van der Waals surface area contributed by atoms with Crippen LogP contribution in [0.1, 0.15) is 60.6 Å². The third kappa shape index (κ3) is 4.19. The highest BCUT2D eigenvalue weighted by molar-refractivity contribution is 7.08. The smallest absolute Gasteiger partial charge is 0.342 e. The highest BCUT2D eigenvalue weighted by atomic mass is 32.1. The lowest BCUT2D eigenvalue weighted by Gasteiger charge is -2.36. The number of fused-ring (bicyclic) bond motifs is 1. The predicted octanol–water partition coefficient (Wildman–Crippen LogP) is 5.99.